The number of carbonyl (C=O) groups excluding carboxylic acids is 2. The van der Waals surface area contributed by atoms with Gasteiger partial charge in [-0.3, -0.25) is 19.4 Å². The maximum absolute atomic E-state index is 13.0. The number of amides is 2. The zero-order chi connectivity index (χ0) is 25.3. The second-order valence-corrected chi connectivity index (χ2v) is 8.83. The molecule has 0 radical (unpaired) electrons. The van der Waals surface area contributed by atoms with E-state index in [1.165, 1.54) is 24.3 Å². The average molecular weight is 491 g/mol. The molecule has 188 valence electrons. The van der Waals surface area contributed by atoms with E-state index in [1.54, 1.807) is 0 Å². The molecule has 7 nitrogen and oxygen atoms in total. The molecule has 0 aromatic heterocycles. The average Bonchev–Trinajstić information content (AvgIpc) is 2.90. The molecule has 8 heteroatoms. The van der Waals surface area contributed by atoms with E-state index in [0.717, 1.165) is 17.0 Å². The molecule has 1 aliphatic rings. The number of carbonyl (C=O) groups is 2. The Bertz CT molecular complexity index is 1130. The molecule has 1 aliphatic heterocycles. The highest BCUT2D eigenvalue weighted by Gasteiger charge is 2.26. The summed E-state index contributed by atoms with van der Waals surface area (Å²) in [7, 11) is 0. The smallest absolute Gasteiger partial charge is 0.241 e. The zero-order valence-corrected chi connectivity index (χ0v) is 20.3. The van der Waals surface area contributed by atoms with Crippen LogP contribution in [0.25, 0.3) is 0 Å². The fourth-order valence-electron chi connectivity index (χ4n) is 4.03. The first-order chi connectivity index (χ1) is 17.5. The lowest BCUT2D eigenvalue weighted by molar-refractivity contribution is -0.122. The molecular weight excluding hydrogens is 459 g/mol. The van der Waals surface area contributed by atoms with Gasteiger partial charge in [-0.05, 0) is 61.0 Å². The largest absolute Gasteiger partial charge is 0.489 e. The lowest BCUT2D eigenvalue weighted by Gasteiger charge is -2.37. The molecule has 4 rings (SSSR count). The number of piperazine rings is 1. The van der Waals surface area contributed by atoms with Gasteiger partial charge >= 0.3 is 0 Å². The van der Waals surface area contributed by atoms with Crippen molar-refractivity contribution in [1.82, 2.24) is 9.80 Å². The van der Waals surface area contributed by atoms with E-state index in [9.17, 15) is 14.0 Å². The zero-order valence-electron chi connectivity index (χ0n) is 20.3. The van der Waals surface area contributed by atoms with E-state index in [-0.39, 0.29) is 30.2 Å². The Morgan fingerprint density at radius 3 is 2.14 bits per heavy atom. The molecule has 2 N–H and O–H groups in total. The van der Waals surface area contributed by atoms with Crippen molar-refractivity contribution in [3.8, 4) is 5.75 Å². The predicted octanol–water partition coefficient (Wildman–Crippen LogP) is 3.99. The Hall–Kier alpha value is -3.75. The van der Waals surface area contributed by atoms with Crippen molar-refractivity contribution >= 4 is 23.2 Å². The summed E-state index contributed by atoms with van der Waals surface area (Å²) in [5, 5.41) is 5.76. The molecule has 1 fully saturated rings. The van der Waals surface area contributed by atoms with Gasteiger partial charge in [0, 0.05) is 37.6 Å². The van der Waals surface area contributed by atoms with Gasteiger partial charge in [0.2, 0.25) is 11.8 Å². The minimum absolute atomic E-state index is 0.0737. The van der Waals surface area contributed by atoms with Crippen LogP contribution in [0.2, 0.25) is 0 Å². The van der Waals surface area contributed by atoms with Crippen molar-refractivity contribution < 1.29 is 18.7 Å². The molecule has 1 heterocycles. The van der Waals surface area contributed by atoms with Crippen LogP contribution >= 0.6 is 0 Å². The van der Waals surface area contributed by atoms with Crippen molar-refractivity contribution in [1.29, 1.82) is 0 Å². The summed E-state index contributed by atoms with van der Waals surface area (Å²) in [6.07, 6.45) is 0. The first-order valence-electron chi connectivity index (χ1n) is 12.1. The summed E-state index contributed by atoms with van der Waals surface area (Å²) in [5.41, 5.74) is 2.38. The van der Waals surface area contributed by atoms with E-state index in [0.29, 0.717) is 38.5 Å². The Balaban J connectivity index is 1.18. The molecule has 36 heavy (non-hydrogen) atoms. The Kier molecular flexibility index (Phi) is 8.65. The number of hydrogen-bond donors (Lipinski definition) is 2. The lowest BCUT2D eigenvalue weighted by Crippen LogP contribution is -2.53. The molecule has 0 aliphatic carbocycles. The van der Waals surface area contributed by atoms with Crippen LogP contribution in [0.1, 0.15) is 12.5 Å². The SMILES string of the molecule is CC(C(=O)Nc1ccc(OCc2ccccc2)cc1)N1CCN(CC(=O)Nc2ccc(F)cc2)CC1. The summed E-state index contributed by atoms with van der Waals surface area (Å²) in [5.74, 6) is 0.184. The number of ether oxygens (including phenoxy) is 1. The van der Waals surface area contributed by atoms with Crippen molar-refractivity contribution in [2.45, 2.75) is 19.6 Å². The summed E-state index contributed by atoms with van der Waals surface area (Å²) in [6, 6.07) is 22.7. The van der Waals surface area contributed by atoms with Crippen LogP contribution in [0.3, 0.4) is 0 Å². The van der Waals surface area contributed by atoms with Crippen LogP contribution < -0.4 is 15.4 Å². The Morgan fingerprint density at radius 2 is 1.47 bits per heavy atom. The van der Waals surface area contributed by atoms with Gasteiger partial charge in [-0.25, -0.2) is 4.39 Å². The standard InChI is InChI=1S/C28H31FN4O3/c1-21(28(35)31-25-11-13-26(14-12-25)36-20-22-5-3-2-4-6-22)33-17-15-32(16-18-33)19-27(34)30-24-9-7-23(29)8-10-24/h2-14,21H,15-20H2,1H3,(H,30,34)(H,31,35). The molecule has 0 bridgehead atoms. The van der Waals surface area contributed by atoms with Gasteiger partial charge in [0.25, 0.3) is 0 Å². The molecule has 3 aromatic carbocycles. The summed E-state index contributed by atoms with van der Waals surface area (Å²) in [4.78, 5) is 29.3. The van der Waals surface area contributed by atoms with Crippen LogP contribution in [-0.2, 0) is 16.2 Å². The molecule has 0 spiro atoms. The predicted molar refractivity (Wildman–Crippen MR) is 138 cm³/mol. The van der Waals surface area contributed by atoms with Gasteiger partial charge in [0.15, 0.2) is 0 Å². The van der Waals surface area contributed by atoms with Crippen molar-refractivity contribution in [2.24, 2.45) is 0 Å². The summed E-state index contributed by atoms with van der Waals surface area (Å²) in [6.45, 7) is 5.37. The lowest BCUT2D eigenvalue weighted by atomic mass is 10.2. The second-order valence-electron chi connectivity index (χ2n) is 8.83. The molecule has 3 aromatic rings. The molecular formula is C28H31FN4O3. The third-order valence-electron chi connectivity index (χ3n) is 6.20. The number of nitrogens with zero attached hydrogens (tertiary/aromatic N) is 2. The van der Waals surface area contributed by atoms with E-state index in [1.807, 2.05) is 66.4 Å². The van der Waals surface area contributed by atoms with Crippen molar-refractivity contribution in [2.75, 3.05) is 43.4 Å². The minimum atomic E-state index is -0.341. The third kappa shape index (κ3) is 7.37. The molecule has 0 saturated carbocycles. The number of benzene rings is 3. The molecule has 2 amide bonds. The second kappa shape index (κ2) is 12.3. The third-order valence-corrected chi connectivity index (χ3v) is 6.20. The van der Waals surface area contributed by atoms with Gasteiger partial charge < -0.3 is 15.4 Å². The first kappa shape index (κ1) is 25.3. The van der Waals surface area contributed by atoms with Crippen LogP contribution in [-0.4, -0.2) is 60.4 Å². The normalized spacial score (nSPS) is 15.2. The molecule has 1 unspecified atom stereocenters. The van der Waals surface area contributed by atoms with Crippen LogP contribution in [0.15, 0.2) is 78.9 Å². The fraction of sp³-hybridized carbons (Fsp3) is 0.286. The van der Waals surface area contributed by atoms with E-state index >= 15 is 0 Å². The number of halogens is 1. The summed E-state index contributed by atoms with van der Waals surface area (Å²) < 4.78 is 18.8. The minimum Gasteiger partial charge on any atom is -0.489 e. The summed E-state index contributed by atoms with van der Waals surface area (Å²) >= 11 is 0. The molecule has 1 saturated heterocycles. The van der Waals surface area contributed by atoms with Gasteiger partial charge in [-0.15, -0.1) is 0 Å². The van der Waals surface area contributed by atoms with E-state index in [4.69, 9.17) is 4.74 Å². The van der Waals surface area contributed by atoms with Crippen LogP contribution in [0.5, 0.6) is 5.75 Å². The highest BCUT2D eigenvalue weighted by Crippen LogP contribution is 2.18. The Labute approximate surface area is 210 Å². The number of nitrogens with one attached hydrogen (secondary N) is 2. The molecule has 1 atom stereocenters. The fourth-order valence-corrected chi connectivity index (χ4v) is 4.03. The van der Waals surface area contributed by atoms with Gasteiger partial charge in [0.05, 0.1) is 12.6 Å². The number of hydrogen-bond acceptors (Lipinski definition) is 5. The van der Waals surface area contributed by atoms with Gasteiger partial charge in [-0.1, -0.05) is 30.3 Å². The Morgan fingerprint density at radius 1 is 0.861 bits per heavy atom. The number of rotatable bonds is 9. The number of anilines is 2. The maximum atomic E-state index is 13.0. The first-order valence-corrected chi connectivity index (χ1v) is 12.1. The monoisotopic (exact) mass is 490 g/mol. The highest BCUT2D eigenvalue weighted by molar-refractivity contribution is 5.94. The quantitative estimate of drug-likeness (QED) is 0.475. The van der Waals surface area contributed by atoms with E-state index in [2.05, 4.69) is 15.5 Å². The van der Waals surface area contributed by atoms with E-state index < -0.39 is 0 Å². The topological polar surface area (TPSA) is 73.9 Å². The van der Waals surface area contributed by atoms with Crippen molar-refractivity contribution in [3.63, 3.8) is 0 Å². The maximum Gasteiger partial charge on any atom is 0.241 e. The van der Waals surface area contributed by atoms with Crippen LogP contribution in [0.4, 0.5) is 15.8 Å². The van der Waals surface area contributed by atoms with Crippen molar-refractivity contribution in [3.05, 3.63) is 90.2 Å². The van der Waals surface area contributed by atoms with Gasteiger partial charge in [-0.2, -0.15) is 0 Å². The highest BCUT2D eigenvalue weighted by atomic mass is 19.1. The van der Waals surface area contributed by atoms with Crippen LogP contribution in [0, 0.1) is 5.82 Å². The van der Waals surface area contributed by atoms with Gasteiger partial charge in [0.1, 0.15) is 18.2 Å².